The van der Waals surface area contributed by atoms with Gasteiger partial charge in [-0.05, 0) is 36.4 Å². The summed E-state index contributed by atoms with van der Waals surface area (Å²) in [5.74, 6) is 0.595. The summed E-state index contributed by atoms with van der Waals surface area (Å²) in [6.45, 7) is 3.33. The summed E-state index contributed by atoms with van der Waals surface area (Å²) in [5, 5.41) is 4.01. The average molecular weight is 323 g/mol. The zero-order valence-electron chi connectivity index (χ0n) is 13.0. The molecule has 122 valence electrons. The molecule has 0 bridgehead atoms. The molecule has 2 N–H and O–H groups in total. The Morgan fingerprint density at radius 3 is 2.71 bits per heavy atom. The molecule has 0 spiro atoms. The summed E-state index contributed by atoms with van der Waals surface area (Å²) < 4.78 is 5.38. The van der Waals surface area contributed by atoms with E-state index in [0.29, 0.717) is 11.5 Å². The molecule has 1 aromatic carbocycles. The monoisotopic (exact) mass is 323 g/mol. The van der Waals surface area contributed by atoms with Gasteiger partial charge < -0.3 is 15.0 Å². The number of hydrogen-bond donors (Lipinski definition) is 2. The van der Waals surface area contributed by atoms with E-state index in [2.05, 4.69) is 37.3 Å². The van der Waals surface area contributed by atoms with E-state index in [4.69, 9.17) is 4.74 Å². The maximum Gasteiger partial charge on any atom is 0.348 e. The number of aromatic nitrogens is 3. The van der Waals surface area contributed by atoms with Crippen LogP contribution in [-0.4, -0.2) is 41.3 Å². The number of aromatic amines is 1. The molecule has 1 aliphatic heterocycles. The van der Waals surface area contributed by atoms with Crippen molar-refractivity contribution in [3.8, 4) is 0 Å². The Balaban J connectivity index is 1.60. The first kappa shape index (κ1) is 14.6. The highest BCUT2D eigenvalue weighted by atomic mass is 16.5. The topological polar surface area (TPSA) is 83.1 Å². The van der Waals surface area contributed by atoms with E-state index >= 15 is 0 Å². The van der Waals surface area contributed by atoms with Crippen molar-refractivity contribution < 1.29 is 4.74 Å². The number of pyridine rings is 1. The average Bonchev–Trinajstić information content (AvgIpc) is 2.63. The first-order valence-electron chi connectivity index (χ1n) is 7.84. The van der Waals surface area contributed by atoms with Crippen molar-refractivity contribution >= 4 is 28.2 Å². The third kappa shape index (κ3) is 2.93. The van der Waals surface area contributed by atoms with Gasteiger partial charge in [-0.3, -0.25) is 4.98 Å². The van der Waals surface area contributed by atoms with Crippen LogP contribution in [0.1, 0.15) is 0 Å². The Labute approximate surface area is 138 Å². The fraction of sp³-hybridized carbons (Fsp3) is 0.235. The molecule has 0 unspecified atom stereocenters. The molecule has 24 heavy (non-hydrogen) atoms. The van der Waals surface area contributed by atoms with E-state index in [1.165, 1.54) is 5.69 Å². The van der Waals surface area contributed by atoms with Crippen LogP contribution in [0.5, 0.6) is 0 Å². The maximum atomic E-state index is 11.7. The van der Waals surface area contributed by atoms with Crippen LogP contribution in [0.4, 0.5) is 17.2 Å². The Morgan fingerprint density at radius 1 is 1.12 bits per heavy atom. The second-order valence-corrected chi connectivity index (χ2v) is 5.56. The van der Waals surface area contributed by atoms with Crippen molar-refractivity contribution in [2.45, 2.75) is 0 Å². The number of H-pyrrole nitrogens is 1. The molecule has 3 heterocycles. The van der Waals surface area contributed by atoms with Gasteiger partial charge in [-0.1, -0.05) is 0 Å². The summed E-state index contributed by atoms with van der Waals surface area (Å²) >= 11 is 0. The number of ether oxygens (including phenoxy) is 1. The van der Waals surface area contributed by atoms with Crippen LogP contribution >= 0.6 is 0 Å². The predicted octanol–water partition coefficient (Wildman–Crippen LogP) is 1.90. The number of nitrogens with one attached hydrogen (secondary N) is 2. The predicted molar refractivity (Wildman–Crippen MR) is 92.9 cm³/mol. The molecule has 4 rings (SSSR count). The van der Waals surface area contributed by atoms with Crippen LogP contribution in [0.25, 0.3) is 11.0 Å². The lowest BCUT2D eigenvalue weighted by Gasteiger charge is -2.28. The zero-order chi connectivity index (χ0) is 16.4. The minimum atomic E-state index is -0.423. The maximum absolute atomic E-state index is 11.7. The second kappa shape index (κ2) is 6.29. The highest BCUT2D eigenvalue weighted by molar-refractivity contribution is 5.88. The number of nitrogens with zero attached hydrogens (tertiary/aromatic N) is 3. The lowest BCUT2D eigenvalue weighted by Crippen LogP contribution is -2.36. The lowest BCUT2D eigenvalue weighted by molar-refractivity contribution is 0.122. The van der Waals surface area contributed by atoms with Crippen molar-refractivity contribution in [2.75, 3.05) is 36.5 Å². The molecule has 0 saturated carbocycles. The van der Waals surface area contributed by atoms with E-state index in [9.17, 15) is 4.79 Å². The summed E-state index contributed by atoms with van der Waals surface area (Å²) in [6.07, 6.45) is 1.62. The summed E-state index contributed by atoms with van der Waals surface area (Å²) in [5.41, 5.74) is 2.06. The number of anilines is 3. The lowest BCUT2D eigenvalue weighted by atomic mass is 10.2. The third-order valence-corrected chi connectivity index (χ3v) is 4.01. The van der Waals surface area contributed by atoms with Crippen molar-refractivity contribution in [3.63, 3.8) is 0 Å². The van der Waals surface area contributed by atoms with Gasteiger partial charge in [-0.15, -0.1) is 0 Å². The van der Waals surface area contributed by atoms with Gasteiger partial charge >= 0.3 is 5.69 Å². The van der Waals surface area contributed by atoms with Crippen LogP contribution in [0.15, 0.2) is 47.4 Å². The second-order valence-electron chi connectivity index (χ2n) is 5.56. The molecule has 0 radical (unpaired) electrons. The molecule has 1 saturated heterocycles. The smallest absolute Gasteiger partial charge is 0.348 e. The van der Waals surface area contributed by atoms with Gasteiger partial charge in [-0.2, -0.15) is 4.98 Å². The highest BCUT2D eigenvalue weighted by Gasteiger charge is 2.11. The van der Waals surface area contributed by atoms with E-state index in [-0.39, 0.29) is 0 Å². The standard InChI is InChI=1S/C17H17N5O2/c23-17-20-15-14(2-1-7-18-15)16(21-17)19-12-3-5-13(6-4-12)22-8-10-24-11-9-22/h1-7H,8-11H2,(H2,18,19,20,21,23). The van der Waals surface area contributed by atoms with Crippen LogP contribution < -0.4 is 15.9 Å². The summed E-state index contributed by atoms with van der Waals surface area (Å²) in [6, 6.07) is 11.8. The van der Waals surface area contributed by atoms with Crippen LogP contribution in [-0.2, 0) is 4.74 Å². The van der Waals surface area contributed by atoms with E-state index in [1.54, 1.807) is 6.20 Å². The van der Waals surface area contributed by atoms with E-state index < -0.39 is 5.69 Å². The number of fused-ring (bicyclic) bond motifs is 1. The molecular formula is C17H17N5O2. The summed E-state index contributed by atoms with van der Waals surface area (Å²) in [4.78, 5) is 24.7. The molecule has 2 aromatic heterocycles. The van der Waals surface area contributed by atoms with Crippen molar-refractivity contribution in [1.82, 2.24) is 15.0 Å². The van der Waals surface area contributed by atoms with Crippen LogP contribution in [0, 0.1) is 0 Å². The molecule has 7 nitrogen and oxygen atoms in total. The van der Waals surface area contributed by atoms with Crippen LogP contribution in [0.2, 0.25) is 0 Å². The Kier molecular flexibility index (Phi) is 3.84. The molecule has 1 fully saturated rings. The molecule has 3 aromatic rings. The minimum Gasteiger partial charge on any atom is -0.378 e. The van der Waals surface area contributed by atoms with Gasteiger partial charge in [-0.25, -0.2) is 9.78 Å². The Bertz CT molecular complexity index is 901. The molecular weight excluding hydrogens is 306 g/mol. The molecule has 0 amide bonds. The minimum absolute atomic E-state index is 0.423. The van der Waals surface area contributed by atoms with Gasteiger partial charge in [0.25, 0.3) is 0 Å². The van der Waals surface area contributed by atoms with Crippen molar-refractivity contribution in [1.29, 1.82) is 0 Å². The number of morpholine rings is 1. The SMILES string of the molecule is O=c1nc2ncccc2c(Nc2ccc(N3CCOCC3)cc2)[nH]1. The highest BCUT2D eigenvalue weighted by Crippen LogP contribution is 2.23. The van der Waals surface area contributed by atoms with E-state index in [1.807, 2.05) is 24.3 Å². The van der Waals surface area contributed by atoms with E-state index in [0.717, 1.165) is 37.4 Å². The Morgan fingerprint density at radius 2 is 1.92 bits per heavy atom. The normalized spacial score (nSPS) is 14.8. The first-order valence-corrected chi connectivity index (χ1v) is 7.84. The first-order chi connectivity index (χ1) is 11.8. The van der Waals surface area contributed by atoms with Gasteiger partial charge in [0.2, 0.25) is 0 Å². The molecule has 7 heteroatoms. The molecule has 0 aliphatic carbocycles. The van der Waals surface area contributed by atoms with Gasteiger partial charge in [0, 0.05) is 30.7 Å². The number of hydrogen-bond acceptors (Lipinski definition) is 6. The zero-order valence-corrected chi connectivity index (χ0v) is 13.0. The quantitative estimate of drug-likeness (QED) is 0.766. The number of benzene rings is 1. The fourth-order valence-corrected chi connectivity index (χ4v) is 2.80. The largest absolute Gasteiger partial charge is 0.378 e. The van der Waals surface area contributed by atoms with Crippen molar-refractivity contribution in [3.05, 3.63) is 53.1 Å². The third-order valence-electron chi connectivity index (χ3n) is 4.01. The molecule has 1 aliphatic rings. The number of rotatable bonds is 3. The van der Waals surface area contributed by atoms with Gasteiger partial charge in [0.15, 0.2) is 5.65 Å². The molecule has 0 atom stereocenters. The van der Waals surface area contributed by atoms with Gasteiger partial charge in [0.05, 0.1) is 18.6 Å². The summed E-state index contributed by atoms with van der Waals surface area (Å²) in [7, 11) is 0. The fourth-order valence-electron chi connectivity index (χ4n) is 2.80. The van der Waals surface area contributed by atoms with Crippen molar-refractivity contribution in [2.24, 2.45) is 0 Å². The van der Waals surface area contributed by atoms with Gasteiger partial charge in [0.1, 0.15) is 5.82 Å². The van der Waals surface area contributed by atoms with Crippen LogP contribution in [0.3, 0.4) is 0 Å². The Hall–Kier alpha value is -2.93.